The molecule has 0 aromatic heterocycles. The molecule has 3 aromatic carbocycles. The van der Waals surface area contributed by atoms with E-state index in [0.29, 0.717) is 23.7 Å². The lowest BCUT2D eigenvalue weighted by Crippen LogP contribution is -2.50. The highest BCUT2D eigenvalue weighted by Gasteiger charge is 2.30. The number of carbonyl (C=O) groups is 2. The Kier molecular flexibility index (Phi) is 10.9. The third-order valence-electron chi connectivity index (χ3n) is 6.49. The van der Waals surface area contributed by atoms with Crippen LogP contribution in [0, 0.1) is 6.92 Å². The van der Waals surface area contributed by atoms with Crippen molar-refractivity contribution < 1.29 is 18.0 Å². The van der Waals surface area contributed by atoms with Gasteiger partial charge in [0.1, 0.15) is 6.04 Å². The number of sulfonamides is 1. The predicted molar refractivity (Wildman–Crippen MR) is 157 cm³/mol. The van der Waals surface area contributed by atoms with Crippen LogP contribution >= 0.6 is 11.6 Å². The Balaban J connectivity index is 1.86. The Hall–Kier alpha value is -3.36. The number of carbonyl (C=O) groups excluding carboxylic acids is 2. The maximum Gasteiger partial charge on any atom is 0.243 e. The molecular formula is C30H36ClN3O4S. The van der Waals surface area contributed by atoms with E-state index < -0.39 is 16.1 Å². The molecule has 39 heavy (non-hydrogen) atoms. The van der Waals surface area contributed by atoms with Gasteiger partial charge in [0, 0.05) is 37.5 Å². The largest absolute Gasteiger partial charge is 0.355 e. The van der Waals surface area contributed by atoms with Crippen LogP contribution in [0.15, 0.2) is 78.9 Å². The molecule has 0 spiro atoms. The summed E-state index contributed by atoms with van der Waals surface area (Å²) in [6.45, 7) is 4.66. The summed E-state index contributed by atoms with van der Waals surface area (Å²) in [5, 5.41) is 3.39. The first-order valence-electron chi connectivity index (χ1n) is 13.0. The molecule has 0 aliphatic rings. The van der Waals surface area contributed by atoms with Crippen molar-refractivity contribution in [1.82, 2.24) is 10.2 Å². The van der Waals surface area contributed by atoms with Crippen LogP contribution < -0.4 is 9.62 Å². The zero-order chi connectivity index (χ0) is 28.4. The van der Waals surface area contributed by atoms with E-state index >= 15 is 0 Å². The van der Waals surface area contributed by atoms with Crippen molar-refractivity contribution in [2.24, 2.45) is 0 Å². The smallest absolute Gasteiger partial charge is 0.243 e. The molecule has 3 aromatic rings. The third-order valence-corrected chi connectivity index (χ3v) is 7.94. The third kappa shape index (κ3) is 8.83. The van der Waals surface area contributed by atoms with Crippen LogP contribution in [0.25, 0.3) is 0 Å². The van der Waals surface area contributed by atoms with Crippen LogP contribution in [0.4, 0.5) is 5.69 Å². The molecule has 0 radical (unpaired) electrons. The van der Waals surface area contributed by atoms with Gasteiger partial charge in [0.05, 0.1) is 11.9 Å². The zero-order valence-corrected chi connectivity index (χ0v) is 24.2. The molecule has 0 saturated carbocycles. The Bertz CT molecular complexity index is 1350. The molecule has 9 heteroatoms. The summed E-state index contributed by atoms with van der Waals surface area (Å²) in [7, 11) is -3.58. The van der Waals surface area contributed by atoms with Gasteiger partial charge in [-0.25, -0.2) is 8.42 Å². The van der Waals surface area contributed by atoms with E-state index in [2.05, 4.69) is 5.32 Å². The van der Waals surface area contributed by atoms with E-state index in [1.807, 2.05) is 68.4 Å². The van der Waals surface area contributed by atoms with E-state index in [4.69, 9.17) is 11.6 Å². The molecule has 0 fully saturated rings. The second-order valence-corrected chi connectivity index (χ2v) is 11.8. The molecule has 7 nitrogen and oxygen atoms in total. The fraction of sp³-hybridized carbons (Fsp3) is 0.333. The van der Waals surface area contributed by atoms with Gasteiger partial charge in [0.2, 0.25) is 21.8 Å². The topological polar surface area (TPSA) is 86.8 Å². The van der Waals surface area contributed by atoms with Crippen LogP contribution in [-0.2, 0) is 32.6 Å². The van der Waals surface area contributed by atoms with E-state index in [0.717, 1.165) is 22.9 Å². The van der Waals surface area contributed by atoms with Gasteiger partial charge >= 0.3 is 0 Å². The number of hydrogen-bond acceptors (Lipinski definition) is 4. The highest BCUT2D eigenvalue weighted by Crippen LogP contribution is 2.22. The summed E-state index contributed by atoms with van der Waals surface area (Å²) in [4.78, 5) is 28.7. The zero-order valence-electron chi connectivity index (χ0n) is 22.6. The molecule has 1 atom stereocenters. The lowest BCUT2D eigenvalue weighted by Gasteiger charge is -2.32. The molecule has 0 unspecified atom stereocenters. The van der Waals surface area contributed by atoms with Crippen LogP contribution in [0.2, 0.25) is 5.02 Å². The number of benzene rings is 3. The molecule has 208 valence electrons. The molecule has 2 amide bonds. The molecule has 3 rings (SSSR count). The molecule has 0 heterocycles. The fourth-order valence-corrected chi connectivity index (χ4v) is 5.52. The van der Waals surface area contributed by atoms with Gasteiger partial charge in [-0.1, -0.05) is 66.2 Å². The predicted octanol–water partition coefficient (Wildman–Crippen LogP) is 4.97. The second kappa shape index (κ2) is 14.1. The lowest BCUT2D eigenvalue weighted by molar-refractivity contribution is -0.141. The standard InChI is InChI=1S/C30H36ClN3O4S/c1-4-32-30(36)28(21-24-12-6-5-7-13-24)33(22-25-14-9-8-11-23(25)2)29(35)15-10-20-34(39(3,37)38)27-18-16-26(31)17-19-27/h5-9,11-14,16-19,28H,4,10,15,20-22H2,1-3H3,(H,32,36)/t28-/m1/s1. The average Bonchev–Trinajstić information content (AvgIpc) is 2.90. The highest BCUT2D eigenvalue weighted by atomic mass is 35.5. The van der Waals surface area contributed by atoms with Gasteiger partial charge in [-0.15, -0.1) is 0 Å². The van der Waals surface area contributed by atoms with E-state index in [9.17, 15) is 18.0 Å². The minimum absolute atomic E-state index is 0.0795. The van der Waals surface area contributed by atoms with Crippen LogP contribution in [0.5, 0.6) is 0 Å². The minimum atomic E-state index is -3.58. The number of anilines is 1. The SMILES string of the molecule is CCNC(=O)[C@@H](Cc1ccccc1)N(Cc1ccccc1C)C(=O)CCCN(c1ccc(Cl)cc1)S(C)(=O)=O. The monoisotopic (exact) mass is 569 g/mol. The van der Waals surface area contributed by atoms with Crippen molar-refractivity contribution in [2.75, 3.05) is 23.7 Å². The van der Waals surface area contributed by atoms with Gasteiger partial charge in [-0.3, -0.25) is 13.9 Å². The number of halogens is 1. The van der Waals surface area contributed by atoms with E-state index in [1.165, 1.54) is 4.31 Å². The summed E-state index contributed by atoms with van der Waals surface area (Å²) >= 11 is 5.97. The summed E-state index contributed by atoms with van der Waals surface area (Å²) in [6.07, 6.45) is 1.87. The number of nitrogens with one attached hydrogen (secondary N) is 1. The summed E-state index contributed by atoms with van der Waals surface area (Å²) in [6, 6.07) is 23.2. The first-order valence-corrected chi connectivity index (χ1v) is 15.2. The number of nitrogens with zero attached hydrogens (tertiary/aromatic N) is 2. The van der Waals surface area contributed by atoms with Crippen LogP contribution in [-0.4, -0.2) is 50.5 Å². The number of hydrogen-bond donors (Lipinski definition) is 1. The first-order chi connectivity index (χ1) is 18.6. The summed E-state index contributed by atoms with van der Waals surface area (Å²) < 4.78 is 26.3. The van der Waals surface area contributed by atoms with Crippen molar-refractivity contribution in [3.63, 3.8) is 0 Å². The molecule has 0 bridgehead atoms. The number of amides is 2. The lowest BCUT2D eigenvalue weighted by atomic mass is 10.0. The number of rotatable bonds is 13. The Morgan fingerprint density at radius 3 is 2.21 bits per heavy atom. The average molecular weight is 570 g/mol. The maximum absolute atomic E-state index is 13.8. The molecule has 1 N–H and O–H groups in total. The maximum atomic E-state index is 13.8. The fourth-order valence-electron chi connectivity index (χ4n) is 4.43. The highest BCUT2D eigenvalue weighted by molar-refractivity contribution is 7.92. The molecule has 0 saturated heterocycles. The number of aryl methyl sites for hydroxylation is 1. The van der Waals surface area contributed by atoms with Crippen molar-refractivity contribution in [1.29, 1.82) is 0 Å². The van der Waals surface area contributed by atoms with Crippen LogP contribution in [0.3, 0.4) is 0 Å². The van der Waals surface area contributed by atoms with Gasteiger partial charge in [0.25, 0.3) is 0 Å². The van der Waals surface area contributed by atoms with Gasteiger partial charge in [0.15, 0.2) is 0 Å². The molecule has 0 aliphatic carbocycles. The van der Waals surface area contributed by atoms with Gasteiger partial charge in [-0.05, 0) is 61.2 Å². The Morgan fingerprint density at radius 1 is 0.949 bits per heavy atom. The summed E-state index contributed by atoms with van der Waals surface area (Å²) in [5.41, 5.74) is 3.40. The Labute approximate surface area is 236 Å². The Morgan fingerprint density at radius 2 is 1.59 bits per heavy atom. The van der Waals surface area contributed by atoms with Gasteiger partial charge < -0.3 is 10.2 Å². The van der Waals surface area contributed by atoms with E-state index in [1.54, 1.807) is 29.2 Å². The quantitative estimate of drug-likeness (QED) is 0.315. The normalized spacial score (nSPS) is 12.0. The molecule has 0 aliphatic heterocycles. The minimum Gasteiger partial charge on any atom is -0.355 e. The first kappa shape index (κ1) is 30.2. The van der Waals surface area contributed by atoms with Crippen molar-refractivity contribution in [3.8, 4) is 0 Å². The van der Waals surface area contributed by atoms with Crippen molar-refractivity contribution in [2.45, 2.75) is 45.7 Å². The van der Waals surface area contributed by atoms with Crippen LogP contribution in [0.1, 0.15) is 36.5 Å². The molecular weight excluding hydrogens is 534 g/mol. The second-order valence-electron chi connectivity index (χ2n) is 9.46. The number of likely N-dealkylation sites (N-methyl/N-ethyl adjacent to an activating group) is 1. The van der Waals surface area contributed by atoms with Gasteiger partial charge in [-0.2, -0.15) is 0 Å². The van der Waals surface area contributed by atoms with Crippen molar-refractivity contribution in [3.05, 3.63) is 101 Å². The van der Waals surface area contributed by atoms with E-state index in [-0.39, 0.29) is 37.7 Å². The summed E-state index contributed by atoms with van der Waals surface area (Å²) in [5.74, 6) is -0.433. The van der Waals surface area contributed by atoms with Crippen molar-refractivity contribution >= 4 is 39.1 Å².